The van der Waals surface area contributed by atoms with Crippen LogP contribution in [0, 0.1) is 5.82 Å². The van der Waals surface area contributed by atoms with E-state index in [1.807, 2.05) is 27.1 Å². The number of halogens is 1. The van der Waals surface area contributed by atoms with E-state index in [4.69, 9.17) is 5.73 Å². The van der Waals surface area contributed by atoms with Crippen LogP contribution in [0.2, 0.25) is 0 Å². The molecule has 0 aliphatic carbocycles. The molecule has 0 bridgehead atoms. The Bertz CT molecular complexity index is 1130. The summed E-state index contributed by atoms with van der Waals surface area (Å²) < 4.78 is 15.1. The number of anilines is 1. The molecule has 2 aromatic heterocycles. The Morgan fingerprint density at radius 1 is 1.19 bits per heavy atom. The van der Waals surface area contributed by atoms with Gasteiger partial charge in [0.2, 0.25) is 0 Å². The van der Waals surface area contributed by atoms with Gasteiger partial charge in [0.05, 0.1) is 17.0 Å². The van der Waals surface area contributed by atoms with Gasteiger partial charge in [-0.15, -0.1) is 0 Å². The van der Waals surface area contributed by atoms with Crippen molar-refractivity contribution in [3.63, 3.8) is 0 Å². The summed E-state index contributed by atoms with van der Waals surface area (Å²) in [7, 11) is 3.99. The molecule has 32 heavy (non-hydrogen) atoms. The SMILES string of the molecule is CCc1ncnc(-c2ccc(C(=O)N3CC[C@@H](N(C)C)C3)c(F)c2)c1-c1ccc(N)nc1. The van der Waals surface area contributed by atoms with E-state index in [2.05, 4.69) is 19.9 Å². The van der Waals surface area contributed by atoms with Crippen LogP contribution in [0.15, 0.2) is 42.9 Å². The van der Waals surface area contributed by atoms with Gasteiger partial charge in [-0.05, 0) is 51.2 Å². The van der Waals surface area contributed by atoms with Crippen LogP contribution in [0.5, 0.6) is 0 Å². The van der Waals surface area contributed by atoms with Crippen LogP contribution in [0.3, 0.4) is 0 Å². The van der Waals surface area contributed by atoms with Crippen molar-refractivity contribution < 1.29 is 9.18 Å². The number of pyridine rings is 1. The largest absolute Gasteiger partial charge is 0.384 e. The van der Waals surface area contributed by atoms with Crippen molar-refractivity contribution in [2.45, 2.75) is 25.8 Å². The van der Waals surface area contributed by atoms with Crippen molar-refractivity contribution >= 4 is 11.7 Å². The van der Waals surface area contributed by atoms with Gasteiger partial charge >= 0.3 is 0 Å². The van der Waals surface area contributed by atoms with E-state index in [-0.39, 0.29) is 11.5 Å². The lowest BCUT2D eigenvalue weighted by Crippen LogP contribution is -2.34. The van der Waals surface area contributed by atoms with E-state index in [9.17, 15) is 4.79 Å². The molecule has 1 aliphatic heterocycles. The average Bonchev–Trinajstić information content (AvgIpc) is 3.29. The third-order valence-corrected chi connectivity index (χ3v) is 5.99. The van der Waals surface area contributed by atoms with Crippen molar-refractivity contribution in [3.05, 3.63) is 59.9 Å². The maximum Gasteiger partial charge on any atom is 0.256 e. The number of aromatic nitrogens is 3. The Labute approximate surface area is 187 Å². The van der Waals surface area contributed by atoms with E-state index in [1.54, 1.807) is 29.3 Å². The fourth-order valence-electron chi connectivity index (χ4n) is 4.12. The maximum absolute atomic E-state index is 15.1. The van der Waals surface area contributed by atoms with Crippen molar-refractivity contribution in [2.24, 2.45) is 0 Å². The Morgan fingerprint density at radius 2 is 1.97 bits per heavy atom. The number of benzene rings is 1. The zero-order chi connectivity index (χ0) is 22.8. The number of carbonyl (C=O) groups excluding carboxylic acids is 1. The van der Waals surface area contributed by atoms with Crippen molar-refractivity contribution in [1.82, 2.24) is 24.8 Å². The lowest BCUT2D eigenvalue weighted by molar-refractivity contribution is 0.0778. The zero-order valence-corrected chi connectivity index (χ0v) is 18.5. The molecule has 4 rings (SSSR count). The molecule has 3 heterocycles. The first-order valence-electron chi connectivity index (χ1n) is 10.7. The number of likely N-dealkylation sites (N-methyl/N-ethyl adjacent to an activating group) is 1. The molecule has 1 atom stereocenters. The van der Waals surface area contributed by atoms with Crippen LogP contribution in [0.1, 0.15) is 29.4 Å². The van der Waals surface area contributed by atoms with Crippen LogP contribution in [-0.2, 0) is 6.42 Å². The summed E-state index contributed by atoms with van der Waals surface area (Å²) in [5.41, 5.74) is 9.40. The molecule has 1 fully saturated rings. The van der Waals surface area contributed by atoms with E-state index in [1.165, 1.54) is 12.4 Å². The van der Waals surface area contributed by atoms with Crippen LogP contribution >= 0.6 is 0 Å². The lowest BCUT2D eigenvalue weighted by Gasteiger charge is -2.21. The van der Waals surface area contributed by atoms with Crippen molar-refractivity contribution in [1.29, 1.82) is 0 Å². The van der Waals surface area contributed by atoms with Gasteiger partial charge in [0, 0.05) is 42.0 Å². The molecule has 1 aliphatic rings. The summed E-state index contributed by atoms with van der Waals surface area (Å²) in [6.07, 6.45) is 4.71. The van der Waals surface area contributed by atoms with Gasteiger partial charge in [-0.1, -0.05) is 13.0 Å². The minimum absolute atomic E-state index is 0.0774. The normalized spacial score (nSPS) is 16.0. The van der Waals surface area contributed by atoms with Crippen molar-refractivity contribution in [3.8, 4) is 22.4 Å². The summed E-state index contributed by atoms with van der Waals surface area (Å²) in [4.78, 5) is 29.8. The molecule has 3 aromatic rings. The Hall–Kier alpha value is -3.39. The van der Waals surface area contributed by atoms with E-state index < -0.39 is 5.82 Å². The molecule has 8 heteroatoms. The highest BCUT2D eigenvalue weighted by Crippen LogP contribution is 2.33. The van der Waals surface area contributed by atoms with Gasteiger partial charge in [0.15, 0.2) is 0 Å². The monoisotopic (exact) mass is 434 g/mol. The quantitative estimate of drug-likeness (QED) is 0.663. The number of likely N-dealkylation sites (tertiary alicyclic amines) is 1. The first-order chi connectivity index (χ1) is 15.4. The van der Waals surface area contributed by atoms with Gasteiger partial charge < -0.3 is 15.5 Å². The Kier molecular flexibility index (Phi) is 6.14. The summed E-state index contributed by atoms with van der Waals surface area (Å²) in [6, 6.07) is 8.53. The zero-order valence-electron chi connectivity index (χ0n) is 18.5. The highest BCUT2D eigenvalue weighted by Gasteiger charge is 2.29. The summed E-state index contributed by atoms with van der Waals surface area (Å²) in [6.45, 7) is 3.23. The molecule has 0 spiro atoms. The van der Waals surface area contributed by atoms with Crippen molar-refractivity contribution in [2.75, 3.05) is 32.9 Å². The van der Waals surface area contributed by atoms with Gasteiger partial charge in [-0.25, -0.2) is 19.3 Å². The average molecular weight is 435 g/mol. The number of nitrogens with two attached hydrogens (primary N) is 1. The van der Waals surface area contributed by atoms with Crippen LogP contribution in [0.4, 0.5) is 10.2 Å². The first kappa shape index (κ1) is 21.8. The second kappa shape index (κ2) is 9.00. The van der Waals surface area contributed by atoms with Gasteiger partial charge in [-0.2, -0.15) is 0 Å². The molecule has 1 amide bonds. The molecule has 166 valence electrons. The van der Waals surface area contributed by atoms with E-state index in [0.29, 0.717) is 42.6 Å². The molecular formula is C24H27FN6O. The molecule has 1 saturated heterocycles. The number of nitrogens with zero attached hydrogens (tertiary/aromatic N) is 5. The number of nitrogen functional groups attached to an aromatic ring is 1. The van der Waals surface area contributed by atoms with E-state index in [0.717, 1.165) is 23.2 Å². The first-order valence-corrected chi connectivity index (χ1v) is 10.7. The molecule has 0 saturated carbocycles. The topological polar surface area (TPSA) is 88.2 Å². The predicted octanol–water partition coefficient (Wildman–Crippen LogP) is 3.27. The standard InChI is InChI=1S/C24H27FN6O/c1-4-20-22(16-6-8-21(26)27-12-16)23(29-14-28-20)15-5-7-18(19(25)11-15)24(32)31-10-9-17(13-31)30(2)3/h5-8,11-12,14,17H,4,9-10,13H2,1-3H3,(H2,26,27)/t17-/m1/s1. The lowest BCUT2D eigenvalue weighted by atomic mass is 9.97. The smallest absolute Gasteiger partial charge is 0.256 e. The van der Waals surface area contributed by atoms with E-state index >= 15 is 4.39 Å². The summed E-state index contributed by atoms with van der Waals surface area (Å²) in [5, 5.41) is 0. The van der Waals surface area contributed by atoms with Crippen LogP contribution in [-0.4, -0.2) is 63.9 Å². The third-order valence-electron chi connectivity index (χ3n) is 5.99. The number of rotatable bonds is 5. The van der Waals surface area contributed by atoms with Gasteiger partial charge in [0.25, 0.3) is 5.91 Å². The van der Waals surface area contributed by atoms with Gasteiger partial charge in [0.1, 0.15) is 18.0 Å². The second-order valence-corrected chi connectivity index (χ2v) is 8.22. The van der Waals surface area contributed by atoms with Crippen LogP contribution < -0.4 is 5.73 Å². The fourth-order valence-corrected chi connectivity index (χ4v) is 4.12. The fraction of sp³-hybridized carbons (Fsp3) is 0.333. The molecule has 0 radical (unpaired) electrons. The number of carbonyl (C=O) groups is 1. The molecule has 7 nitrogen and oxygen atoms in total. The maximum atomic E-state index is 15.1. The molecule has 1 aromatic carbocycles. The Morgan fingerprint density at radius 3 is 2.59 bits per heavy atom. The number of hydrogen-bond donors (Lipinski definition) is 1. The highest BCUT2D eigenvalue weighted by molar-refractivity contribution is 5.95. The minimum Gasteiger partial charge on any atom is -0.384 e. The number of aryl methyl sites for hydroxylation is 1. The molecule has 2 N–H and O–H groups in total. The number of amides is 1. The summed E-state index contributed by atoms with van der Waals surface area (Å²) >= 11 is 0. The number of hydrogen-bond acceptors (Lipinski definition) is 6. The minimum atomic E-state index is -0.557. The molecule has 0 unspecified atom stereocenters. The predicted molar refractivity (Wildman–Crippen MR) is 122 cm³/mol. The Balaban J connectivity index is 1.69. The van der Waals surface area contributed by atoms with Crippen LogP contribution in [0.25, 0.3) is 22.4 Å². The third kappa shape index (κ3) is 4.18. The van der Waals surface area contributed by atoms with Gasteiger partial charge in [-0.3, -0.25) is 4.79 Å². The molecular weight excluding hydrogens is 407 g/mol. The highest BCUT2D eigenvalue weighted by atomic mass is 19.1. The second-order valence-electron chi connectivity index (χ2n) is 8.22. The summed E-state index contributed by atoms with van der Waals surface area (Å²) in [5.74, 6) is -0.422.